The van der Waals surface area contributed by atoms with Gasteiger partial charge in [0, 0.05) is 51.4 Å². The molecule has 27 heavy (non-hydrogen) atoms. The van der Waals surface area contributed by atoms with Gasteiger partial charge in [0.25, 0.3) is 0 Å². The van der Waals surface area contributed by atoms with Crippen molar-refractivity contribution in [1.29, 1.82) is 0 Å². The lowest BCUT2D eigenvalue weighted by molar-refractivity contribution is 0.622. The molecule has 4 aromatic rings. The van der Waals surface area contributed by atoms with Crippen LogP contribution in [0.1, 0.15) is 19.9 Å². The Hall–Kier alpha value is -2.93. The van der Waals surface area contributed by atoms with Gasteiger partial charge in [0.2, 0.25) is 5.95 Å². The molecule has 0 saturated carbocycles. The highest BCUT2D eigenvalue weighted by atomic mass is 79.9. The number of pyridine rings is 1. The monoisotopic (exact) mass is 422 g/mol. The van der Waals surface area contributed by atoms with Gasteiger partial charge in [-0.15, -0.1) is 0 Å². The standard InChI is InChI=1S/C20H19BrN6/c1-12(2)27-11-17(16-3-5-23-10-19(16)27)18-4-6-24-20(26-18)25-15-8-13(21)7-14(22)9-15/h3-12H,22H2,1-2H3,(H,24,25,26). The summed E-state index contributed by atoms with van der Waals surface area (Å²) in [6, 6.07) is 9.89. The highest BCUT2D eigenvalue weighted by molar-refractivity contribution is 9.10. The fraction of sp³-hybridized carbons (Fsp3) is 0.150. The van der Waals surface area contributed by atoms with Gasteiger partial charge in [-0.1, -0.05) is 15.9 Å². The Bertz CT molecular complexity index is 1100. The number of nitrogen functional groups attached to an aromatic ring is 1. The number of anilines is 3. The molecular formula is C20H19BrN6. The molecule has 0 aliphatic heterocycles. The third kappa shape index (κ3) is 3.50. The van der Waals surface area contributed by atoms with Crippen LogP contribution >= 0.6 is 15.9 Å². The van der Waals surface area contributed by atoms with Crippen LogP contribution in [0.4, 0.5) is 17.3 Å². The number of hydrogen-bond acceptors (Lipinski definition) is 5. The topological polar surface area (TPSA) is 81.7 Å². The number of nitrogens with two attached hydrogens (primary N) is 1. The van der Waals surface area contributed by atoms with Gasteiger partial charge in [0.15, 0.2) is 0 Å². The predicted octanol–water partition coefficient (Wildman–Crippen LogP) is 5.16. The summed E-state index contributed by atoms with van der Waals surface area (Å²) in [6.07, 6.45) is 7.58. The van der Waals surface area contributed by atoms with E-state index in [2.05, 4.69) is 55.8 Å². The Kier molecular flexibility index (Phi) is 4.53. The zero-order chi connectivity index (χ0) is 19.0. The lowest BCUT2D eigenvalue weighted by Crippen LogP contribution is -1.99. The van der Waals surface area contributed by atoms with Crippen molar-refractivity contribution in [3.8, 4) is 11.3 Å². The molecule has 136 valence electrons. The van der Waals surface area contributed by atoms with E-state index in [0.717, 1.165) is 32.3 Å². The van der Waals surface area contributed by atoms with E-state index in [-0.39, 0.29) is 0 Å². The average molecular weight is 423 g/mol. The summed E-state index contributed by atoms with van der Waals surface area (Å²) in [7, 11) is 0. The molecular weight excluding hydrogens is 404 g/mol. The molecule has 0 radical (unpaired) electrons. The molecule has 0 aliphatic carbocycles. The van der Waals surface area contributed by atoms with Crippen LogP contribution in [0.25, 0.3) is 22.2 Å². The van der Waals surface area contributed by atoms with Crippen LogP contribution in [0.15, 0.2) is 59.6 Å². The molecule has 1 aromatic carbocycles. The molecule has 0 atom stereocenters. The first-order chi connectivity index (χ1) is 13.0. The van der Waals surface area contributed by atoms with Gasteiger partial charge in [0.1, 0.15) is 0 Å². The molecule has 6 nitrogen and oxygen atoms in total. The lowest BCUT2D eigenvalue weighted by atomic mass is 10.1. The molecule has 3 N–H and O–H groups in total. The van der Waals surface area contributed by atoms with Crippen molar-refractivity contribution in [2.24, 2.45) is 0 Å². The van der Waals surface area contributed by atoms with Gasteiger partial charge in [0.05, 0.1) is 17.4 Å². The zero-order valence-corrected chi connectivity index (χ0v) is 16.6. The van der Waals surface area contributed by atoms with Crippen molar-refractivity contribution in [2.75, 3.05) is 11.1 Å². The van der Waals surface area contributed by atoms with Crippen molar-refractivity contribution in [3.05, 3.63) is 59.6 Å². The summed E-state index contributed by atoms with van der Waals surface area (Å²) in [5.41, 5.74) is 10.4. The number of hydrogen-bond donors (Lipinski definition) is 2. The molecule has 3 heterocycles. The minimum Gasteiger partial charge on any atom is -0.399 e. The molecule has 0 amide bonds. The third-order valence-electron chi connectivity index (χ3n) is 4.30. The maximum absolute atomic E-state index is 5.91. The highest BCUT2D eigenvalue weighted by Gasteiger charge is 2.14. The Labute approximate surface area is 165 Å². The SMILES string of the molecule is CC(C)n1cc(-c2ccnc(Nc3cc(N)cc(Br)c3)n2)c2ccncc21. The predicted molar refractivity (Wildman–Crippen MR) is 113 cm³/mol. The quantitative estimate of drug-likeness (QED) is 0.443. The average Bonchev–Trinajstić information content (AvgIpc) is 3.01. The normalized spacial score (nSPS) is 11.3. The van der Waals surface area contributed by atoms with Crippen LogP contribution in [0.3, 0.4) is 0 Å². The molecule has 0 bridgehead atoms. The molecule has 7 heteroatoms. The third-order valence-corrected chi connectivity index (χ3v) is 4.76. The number of aromatic nitrogens is 4. The Morgan fingerprint density at radius 1 is 1.15 bits per heavy atom. The summed E-state index contributed by atoms with van der Waals surface area (Å²) < 4.78 is 3.11. The van der Waals surface area contributed by atoms with Gasteiger partial charge in [-0.3, -0.25) is 4.98 Å². The minimum absolute atomic E-state index is 0.328. The molecule has 4 rings (SSSR count). The fourth-order valence-electron chi connectivity index (χ4n) is 3.11. The van der Waals surface area contributed by atoms with Crippen LogP contribution in [0, 0.1) is 0 Å². The molecule has 0 aliphatic rings. The van der Waals surface area contributed by atoms with Crippen LogP contribution in [0.5, 0.6) is 0 Å². The van der Waals surface area contributed by atoms with Crippen LogP contribution in [0.2, 0.25) is 0 Å². The lowest BCUT2D eigenvalue weighted by Gasteiger charge is -2.08. The van der Waals surface area contributed by atoms with Gasteiger partial charge >= 0.3 is 0 Å². The van der Waals surface area contributed by atoms with E-state index in [9.17, 15) is 0 Å². The number of fused-ring (bicyclic) bond motifs is 1. The fourth-order valence-corrected chi connectivity index (χ4v) is 3.62. The summed E-state index contributed by atoms with van der Waals surface area (Å²) in [5.74, 6) is 0.518. The van der Waals surface area contributed by atoms with E-state index in [0.29, 0.717) is 17.7 Å². The van der Waals surface area contributed by atoms with E-state index >= 15 is 0 Å². The second-order valence-electron chi connectivity index (χ2n) is 6.60. The van der Waals surface area contributed by atoms with E-state index in [1.807, 2.05) is 36.5 Å². The first kappa shape index (κ1) is 17.5. The first-order valence-corrected chi connectivity index (χ1v) is 9.41. The van der Waals surface area contributed by atoms with E-state index in [1.165, 1.54) is 0 Å². The minimum atomic E-state index is 0.328. The van der Waals surface area contributed by atoms with Gasteiger partial charge in [-0.25, -0.2) is 9.97 Å². The molecule has 0 spiro atoms. The first-order valence-electron chi connectivity index (χ1n) is 8.62. The van der Waals surface area contributed by atoms with Gasteiger partial charge in [-0.05, 0) is 44.2 Å². The van der Waals surface area contributed by atoms with Crippen LogP contribution in [-0.4, -0.2) is 19.5 Å². The highest BCUT2D eigenvalue weighted by Crippen LogP contribution is 2.31. The summed E-state index contributed by atoms with van der Waals surface area (Å²) in [6.45, 7) is 4.31. The van der Waals surface area contributed by atoms with Crippen molar-refractivity contribution >= 4 is 44.2 Å². The van der Waals surface area contributed by atoms with Crippen molar-refractivity contribution in [2.45, 2.75) is 19.9 Å². The summed E-state index contributed by atoms with van der Waals surface area (Å²) in [5, 5.41) is 4.34. The molecule has 0 saturated heterocycles. The van der Waals surface area contributed by atoms with Crippen molar-refractivity contribution < 1.29 is 0 Å². The second kappa shape index (κ2) is 7.00. The number of benzene rings is 1. The van der Waals surface area contributed by atoms with Crippen molar-refractivity contribution in [3.63, 3.8) is 0 Å². The Morgan fingerprint density at radius 2 is 2.00 bits per heavy atom. The number of nitrogens with one attached hydrogen (secondary N) is 1. The van der Waals surface area contributed by atoms with Crippen LogP contribution in [-0.2, 0) is 0 Å². The van der Waals surface area contributed by atoms with Crippen LogP contribution < -0.4 is 11.1 Å². The number of halogens is 1. The van der Waals surface area contributed by atoms with E-state index in [1.54, 1.807) is 12.4 Å². The number of nitrogens with zero attached hydrogens (tertiary/aromatic N) is 4. The second-order valence-corrected chi connectivity index (χ2v) is 7.52. The molecule has 3 aromatic heterocycles. The van der Waals surface area contributed by atoms with Gasteiger partial charge < -0.3 is 15.6 Å². The Morgan fingerprint density at radius 3 is 2.78 bits per heavy atom. The Balaban J connectivity index is 1.76. The number of rotatable bonds is 4. The van der Waals surface area contributed by atoms with E-state index < -0.39 is 0 Å². The summed E-state index contributed by atoms with van der Waals surface area (Å²) >= 11 is 3.45. The largest absolute Gasteiger partial charge is 0.399 e. The smallest absolute Gasteiger partial charge is 0.227 e. The van der Waals surface area contributed by atoms with Crippen molar-refractivity contribution in [1.82, 2.24) is 19.5 Å². The van der Waals surface area contributed by atoms with E-state index in [4.69, 9.17) is 10.7 Å². The summed E-state index contributed by atoms with van der Waals surface area (Å²) in [4.78, 5) is 13.3. The maximum Gasteiger partial charge on any atom is 0.227 e. The molecule has 0 fully saturated rings. The zero-order valence-electron chi connectivity index (χ0n) is 15.0. The maximum atomic E-state index is 5.91. The van der Waals surface area contributed by atoms with Gasteiger partial charge in [-0.2, -0.15) is 0 Å². The molecule has 0 unspecified atom stereocenters.